The molecule has 0 unspecified atom stereocenters. The molecular weight excluding hydrogens is 364 g/mol. The lowest BCUT2D eigenvalue weighted by atomic mass is 10.1. The lowest BCUT2D eigenvalue weighted by Gasteiger charge is -2.12. The monoisotopic (exact) mass is 380 g/mol. The zero-order chi connectivity index (χ0) is 19.2. The highest BCUT2D eigenvalue weighted by Gasteiger charge is 2.14. The third-order valence-corrected chi connectivity index (χ3v) is 4.30. The van der Waals surface area contributed by atoms with Crippen LogP contribution in [0.25, 0.3) is 6.08 Å². The molecule has 0 radical (unpaired) electrons. The predicted molar refractivity (Wildman–Crippen MR) is 107 cm³/mol. The number of benzene rings is 2. The summed E-state index contributed by atoms with van der Waals surface area (Å²) in [7, 11) is 0. The van der Waals surface area contributed by atoms with Crippen molar-refractivity contribution in [1.29, 1.82) is 0 Å². The summed E-state index contributed by atoms with van der Waals surface area (Å²) in [6.45, 7) is 1.82. The third kappa shape index (κ3) is 4.65. The molecule has 0 aliphatic carbocycles. The van der Waals surface area contributed by atoms with Crippen molar-refractivity contribution < 1.29 is 14.0 Å². The molecule has 0 atom stereocenters. The van der Waals surface area contributed by atoms with Gasteiger partial charge in [-0.1, -0.05) is 29.8 Å². The Bertz CT molecular complexity index is 994. The topological polar surface area (TPSA) is 71.3 Å². The molecule has 0 aliphatic heterocycles. The Labute approximate surface area is 161 Å². The van der Waals surface area contributed by atoms with Crippen LogP contribution in [0, 0.1) is 6.92 Å². The number of halogens is 1. The zero-order valence-electron chi connectivity index (χ0n) is 14.5. The molecular formula is C21H17ClN2O3. The summed E-state index contributed by atoms with van der Waals surface area (Å²) in [5.41, 5.74) is 2.14. The number of nitrogens with one attached hydrogen (secondary N) is 2. The van der Waals surface area contributed by atoms with Gasteiger partial charge < -0.3 is 15.1 Å². The van der Waals surface area contributed by atoms with Crippen molar-refractivity contribution in [2.24, 2.45) is 0 Å². The number of para-hydroxylation sites is 1. The predicted octanol–water partition coefficient (Wildman–Crippen LogP) is 5.15. The minimum atomic E-state index is -0.370. The van der Waals surface area contributed by atoms with Gasteiger partial charge in [0, 0.05) is 16.8 Å². The molecule has 6 heteroatoms. The van der Waals surface area contributed by atoms with Gasteiger partial charge >= 0.3 is 0 Å². The van der Waals surface area contributed by atoms with Crippen LogP contribution in [0.15, 0.2) is 71.4 Å². The van der Waals surface area contributed by atoms with Gasteiger partial charge in [-0.25, -0.2) is 0 Å². The van der Waals surface area contributed by atoms with Gasteiger partial charge in [-0.2, -0.15) is 0 Å². The Hall–Kier alpha value is -3.31. The maximum absolute atomic E-state index is 12.7. The van der Waals surface area contributed by atoms with E-state index >= 15 is 0 Å². The SMILES string of the molecule is Cc1c(Cl)cccc1NC(=O)c1ccccc1NC(=O)C=Cc1ccco1. The van der Waals surface area contributed by atoms with Gasteiger partial charge in [0.2, 0.25) is 5.91 Å². The summed E-state index contributed by atoms with van der Waals surface area (Å²) >= 11 is 6.10. The highest BCUT2D eigenvalue weighted by Crippen LogP contribution is 2.24. The van der Waals surface area contributed by atoms with Gasteiger partial charge in [0.25, 0.3) is 5.91 Å². The second-order valence-electron chi connectivity index (χ2n) is 5.75. The first-order valence-electron chi connectivity index (χ1n) is 8.22. The van der Waals surface area contributed by atoms with Crippen LogP contribution in [0.1, 0.15) is 21.7 Å². The van der Waals surface area contributed by atoms with E-state index in [-0.39, 0.29) is 11.8 Å². The second kappa shape index (κ2) is 8.38. The Kier molecular flexibility index (Phi) is 5.74. The van der Waals surface area contributed by atoms with Crippen molar-refractivity contribution in [2.75, 3.05) is 10.6 Å². The van der Waals surface area contributed by atoms with E-state index in [0.29, 0.717) is 27.7 Å². The third-order valence-electron chi connectivity index (χ3n) is 3.89. The molecule has 5 nitrogen and oxygen atoms in total. The van der Waals surface area contributed by atoms with Gasteiger partial charge in [-0.15, -0.1) is 0 Å². The molecule has 0 spiro atoms. The smallest absolute Gasteiger partial charge is 0.257 e. The normalized spacial score (nSPS) is 10.7. The van der Waals surface area contributed by atoms with Crippen molar-refractivity contribution in [3.8, 4) is 0 Å². The quantitative estimate of drug-likeness (QED) is 0.601. The maximum atomic E-state index is 12.7. The van der Waals surface area contributed by atoms with Crippen LogP contribution in [0.4, 0.5) is 11.4 Å². The first kappa shape index (κ1) is 18.5. The molecule has 1 aromatic heterocycles. The fraction of sp³-hybridized carbons (Fsp3) is 0.0476. The van der Waals surface area contributed by atoms with E-state index in [4.69, 9.17) is 16.0 Å². The molecule has 2 amide bonds. The highest BCUT2D eigenvalue weighted by molar-refractivity contribution is 6.31. The Morgan fingerprint density at radius 1 is 0.963 bits per heavy atom. The van der Waals surface area contributed by atoms with Crippen molar-refractivity contribution >= 4 is 40.9 Å². The molecule has 0 aliphatic rings. The second-order valence-corrected chi connectivity index (χ2v) is 6.16. The van der Waals surface area contributed by atoms with Crippen molar-refractivity contribution in [3.05, 3.63) is 88.8 Å². The molecule has 0 fully saturated rings. The van der Waals surface area contributed by atoms with Crippen LogP contribution in [0.5, 0.6) is 0 Å². The average Bonchev–Trinajstić information content (AvgIpc) is 3.18. The minimum absolute atomic E-state index is 0.341. The Balaban J connectivity index is 1.76. The van der Waals surface area contributed by atoms with E-state index in [1.807, 2.05) is 6.92 Å². The van der Waals surface area contributed by atoms with E-state index in [1.54, 1.807) is 60.7 Å². The summed E-state index contributed by atoms with van der Waals surface area (Å²) in [4.78, 5) is 24.8. The number of hydrogen-bond acceptors (Lipinski definition) is 3. The van der Waals surface area contributed by atoms with E-state index < -0.39 is 0 Å². The van der Waals surface area contributed by atoms with Gasteiger partial charge in [-0.05, 0) is 55.0 Å². The molecule has 1 heterocycles. The number of rotatable bonds is 5. The van der Waals surface area contributed by atoms with Crippen molar-refractivity contribution in [2.45, 2.75) is 6.92 Å². The summed E-state index contributed by atoms with van der Waals surface area (Å²) in [5.74, 6) is -0.149. The number of carbonyl (C=O) groups is 2. The van der Waals surface area contributed by atoms with Crippen molar-refractivity contribution in [3.63, 3.8) is 0 Å². The first-order valence-corrected chi connectivity index (χ1v) is 8.60. The zero-order valence-corrected chi connectivity index (χ0v) is 15.3. The van der Waals surface area contributed by atoms with Crippen LogP contribution in [-0.2, 0) is 4.79 Å². The summed E-state index contributed by atoms with van der Waals surface area (Å²) in [6.07, 6.45) is 4.41. The van der Waals surface area contributed by atoms with Crippen LogP contribution in [0.3, 0.4) is 0 Å². The van der Waals surface area contributed by atoms with Crippen LogP contribution in [-0.4, -0.2) is 11.8 Å². The number of hydrogen-bond donors (Lipinski definition) is 2. The summed E-state index contributed by atoms with van der Waals surface area (Å²) in [5, 5.41) is 6.11. The number of anilines is 2. The fourth-order valence-corrected chi connectivity index (χ4v) is 2.62. The Morgan fingerprint density at radius 3 is 2.52 bits per heavy atom. The minimum Gasteiger partial charge on any atom is -0.465 e. The molecule has 2 N–H and O–H groups in total. The van der Waals surface area contributed by atoms with E-state index in [9.17, 15) is 9.59 Å². The van der Waals surface area contributed by atoms with E-state index in [2.05, 4.69) is 10.6 Å². The first-order chi connectivity index (χ1) is 13.0. The lowest BCUT2D eigenvalue weighted by Crippen LogP contribution is -2.17. The summed E-state index contributed by atoms with van der Waals surface area (Å²) < 4.78 is 5.14. The molecule has 0 saturated carbocycles. The molecule has 3 rings (SSSR count). The van der Waals surface area contributed by atoms with Crippen LogP contribution in [0.2, 0.25) is 5.02 Å². The number of furan rings is 1. The number of amides is 2. The van der Waals surface area contributed by atoms with Crippen LogP contribution < -0.4 is 10.6 Å². The number of carbonyl (C=O) groups excluding carboxylic acids is 2. The van der Waals surface area contributed by atoms with Crippen LogP contribution >= 0.6 is 11.6 Å². The van der Waals surface area contributed by atoms with Gasteiger partial charge in [-0.3, -0.25) is 9.59 Å². The lowest BCUT2D eigenvalue weighted by molar-refractivity contribution is -0.111. The molecule has 0 bridgehead atoms. The van der Waals surface area contributed by atoms with Gasteiger partial charge in [0.15, 0.2) is 0 Å². The molecule has 3 aromatic rings. The fourth-order valence-electron chi connectivity index (χ4n) is 2.44. The average molecular weight is 381 g/mol. The maximum Gasteiger partial charge on any atom is 0.257 e. The summed E-state index contributed by atoms with van der Waals surface area (Å²) in [6, 6.07) is 15.5. The molecule has 27 heavy (non-hydrogen) atoms. The highest BCUT2D eigenvalue weighted by atomic mass is 35.5. The Morgan fingerprint density at radius 2 is 1.74 bits per heavy atom. The van der Waals surface area contributed by atoms with Crippen molar-refractivity contribution in [1.82, 2.24) is 0 Å². The van der Waals surface area contributed by atoms with Gasteiger partial charge in [0.1, 0.15) is 5.76 Å². The molecule has 0 saturated heterocycles. The molecule has 136 valence electrons. The largest absolute Gasteiger partial charge is 0.465 e. The standard InChI is InChI=1S/C21H17ClN2O3/c1-14-17(22)8-4-10-18(14)24-21(26)16-7-2-3-9-19(16)23-20(25)12-11-15-6-5-13-27-15/h2-13H,1H3,(H,23,25)(H,24,26). The van der Waals surface area contributed by atoms with E-state index in [1.165, 1.54) is 12.3 Å². The van der Waals surface area contributed by atoms with Gasteiger partial charge in [0.05, 0.1) is 17.5 Å². The molecule has 2 aromatic carbocycles. The van der Waals surface area contributed by atoms with E-state index in [0.717, 1.165) is 5.56 Å².